The smallest absolute Gasteiger partial charge is 0.285 e. The summed E-state index contributed by atoms with van der Waals surface area (Å²) in [6.45, 7) is 0.167. The first-order valence-corrected chi connectivity index (χ1v) is 5.15. The van der Waals surface area contributed by atoms with Gasteiger partial charge in [0.2, 0.25) is 0 Å². The predicted octanol–water partition coefficient (Wildman–Crippen LogP) is 1.94. The number of nitrogens with zero attached hydrogens (tertiary/aromatic N) is 2. The minimum Gasteiger partial charge on any atom is -0.304 e. The molecule has 0 N–H and O–H groups in total. The summed E-state index contributed by atoms with van der Waals surface area (Å²) in [4.78, 5) is 21.6. The second kappa shape index (κ2) is 4.79. The molecule has 0 bridgehead atoms. The van der Waals surface area contributed by atoms with Crippen molar-refractivity contribution in [3.8, 4) is 0 Å². The Labute approximate surface area is 101 Å². The van der Waals surface area contributed by atoms with E-state index in [4.69, 9.17) is 0 Å². The molecule has 2 aromatic rings. The van der Waals surface area contributed by atoms with Crippen molar-refractivity contribution < 1.29 is 9.31 Å². The summed E-state index contributed by atoms with van der Waals surface area (Å²) in [6, 6.07) is 7.90. The summed E-state index contributed by atoms with van der Waals surface area (Å²) < 4.78 is 13.9. The van der Waals surface area contributed by atoms with E-state index in [-0.39, 0.29) is 23.6 Å². The largest absolute Gasteiger partial charge is 0.304 e. The number of rotatable bonds is 3. The van der Waals surface area contributed by atoms with Crippen LogP contribution >= 0.6 is 0 Å². The first-order valence-electron chi connectivity index (χ1n) is 5.15. The van der Waals surface area contributed by atoms with Crippen LogP contribution < -0.4 is 5.56 Å². The molecule has 0 aliphatic carbocycles. The predicted molar refractivity (Wildman–Crippen MR) is 62.9 cm³/mol. The summed E-state index contributed by atoms with van der Waals surface area (Å²) in [5.74, 6) is -0.370. The fourth-order valence-corrected chi connectivity index (χ4v) is 1.54. The zero-order valence-corrected chi connectivity index (χ0v) is 9.25. The van der Waals surface area contributed by atoms with Gasteiger partial charge < -0.3 is 4.57 Å². The molecule has 1 heterocycles. The molecule has 6 heteroatoms. The number of aromatic nitrogens is 1. The number of nitro groups is 1. The zero-order valence-electron chi connectivity index (χ0n) is 9.25. The van der Waals surface area contributed by atoms with E-state index in [1.165, 1.54) is 35.0 Å². The van der Waals surface area contributed by atoms with Crippen LogP contribution in [0.4, 0.5) is 10.1 Å². The molecular weight excluding hydrogens is 239 g/mol. The number of pyridine rings is 1. The molecule has 0 spiro atoms. The van der Waals surface area contributed by atoms with E-state index in [1.54, 1.807) is 0 Å². The number of hydrogen-bond donors (Lipinski definition) is 0. The molecule has 1 aromatic heterocycles. The number of halogens is 1. The lowest BCUT2D eigenvalue weighted by molar-refractivity contribution is -0.385. The average molecular weight is 248 g/mol. The molecule has 0 amide bonds. The Morgan fingerprint density at radius 2 is 1.83 bits per heavy atom. The molecule has 92 valence electrons. The molecule has 0 aliphatic heterocycles. The van der Waals surface area contributed by atoms with E-state index in [9.17, 15) is 19.3 Å². The second-order valence-electron chi connectivity index (χ2n) is 3.74. The van der Waals surface area contributed by atoms with Crippen molar-refractivity contribution in [2.45, 2.75) is 6.54 Å². The van der Waals surface area contributed by atoms with Crippen LogP contribution in [0.25, 0.3) is 0 Å². The third kappa shape index (κ3) is 2.60. The van der Waals surface area contributed by atoms with Gasteiger partial charge in [0, 0.05) is 12.1 Å². The maximum atomic E-state index is 12.7. The molecule has 0 fully saturated rings. The first kappa shape index (κ1) is 12.0. The second-order valence-corrected chi connectivity index (χ2v) is 3.74. The fourth-order valence-electron chi connectivity index (χ4n) is 1.54. The number of hydrogen-bond acceptors (Lipinski definition) is 3. The highest BCUT2D eigenvalue weighted by Crippen LogP contribution is 2.09. The van der Waals surface area contributed by atoms with E-state index < -0.39 is 4.92 Å². The average Bonchev–Trinajstić information content (AvgIpc) is 2.34. The molecule has 2 rings (SSSR count). The van der Waals surface area contributed by atoms with Crippen molar-refractivity contribution in [2.24, 2.45) is 0 Å². The van der Waals surface area contributed by atoms with Gasteiger partial charge in [-0.2, -0.15) is 0 Å². The van der Waals surface area contributed by atoms with Gasteiger partial charge in [0.15, 0.2) is 0 Å². The van der Waals surface area contributed by atoms with Crippen LogP contribution in [0.15, 0.2) is 47.4 Å². The Morgan fingerprint density at radius 1 is 1.17 bits per heavy atom. The Bertz CT molecular complexity index is 635. The van der Waals surface area contributed by atoms with Crippen molar-refractivity contribution in [3.05, 3.63) is 74.4 Å². The molecule has 0 radical (unpaired) electrons. The lowest BCUT2D eigenvalue weighted by Gasteiger charge is -2.05. The van der Waals surface area contributed by atoms with Crippen LogP contribution in [0.2, 0.25) is 0 Å². The first-order chi connectivity index (χ1) is 8.56. The van der Waals surface area contributed by atoms with Gasteiger partial charge in [0.1, 0.15) is 5.82 Å². The van der Waals surface area contributed by atoms with E-state index in [0.29, 0.717) is 5.56 Å². The Balaban J connectivity index is 2.33. The van der Waals surface area contributed by atoms with Crippen molar-refractivity contribution in [3.63, 3.8) is 0 Å². The Kier molecular flexibility index (Phi) is 3.18. The van der Waals surface area contributed by atoms with Gasteiger partial charge in [-0.25, -0.2) is 4.39 Å². The highest BCUT2D eigenvalue weighted by atomic mass is 19.1. The van der Waals surface area contributed by atoms with Gasteiger partial charge in [-0.15, -0.1) is 0 Å². The summed E-state index contributed by atoms with van der Waals surface area (Å²) >= 11 is 0. The van der Waals surface area contributed by atoms with Gasteiger partial charge in [0.05, 0.1) is 17.7 Å². The fraction of sp³-hybridized carbons (Fsp3) is 0.0833. The summed E-state index contributed by atoms with van der Waals surface area (Å²) in [7, 11) is 0. The van der Waals surface area contributed by atoms with Crippen LogP contribution in [-0.4, -0.2) is 9.49 Å². The van der Waals surface area contributed by atoms with Crippen molar-refractivity contribution >= 4 is 5.69 Å². The molecule has 18 heavy (non-hydrogen) atoms. The molecule has 1 aromatic carbocycles. The standard InChI is InChI=1S/C12H9FN2O3/c13-10-3-1-9(2-4-10)7-14-8-11(15(17)18)5-6-12(14)16/h1-6,8H,7H2. The van der Waals surface area contributed by atoms with Crippen LogP contribution in [0.1, 0.15) is 5.56 Å². The van der Waals surface area contributed by atoms with E-state index in [1.807, 2.05) is 0 Å². The van der Waals surface area contributed by atoms with Gasteiger partial charge in [-0.1, -0.05) is 12.1 Å². The summed E-state index contributed by atoms with van der Waals surface area (Å²) in [6.07, 6.45) is 1.17. The molecule has 0 unspecified atom stereocenters. The van der Waals surface area contributed by atoms with Gasteiger partial charge in [-0.3, -0.25) is 14.9 Å². The summed E-state index contributed by atoms with van der Waals surface area (Å²) in [5.41, 5.74) is 0.195. The topological polar surface area (TPSA) is 65.1 Å². The Morgan fingerprint density at radius 3 is 2.44 bits per heavy atom. The maximum absolute atomic E-state index is 12.7. The summed E-state index contributed by atoms with van der Waals surface area (Å²) in [5, 5.41) is 10.6. The monoisotopic (exact) mass is 248 g/mol. The van der Waals surface area contributed by atoms with Crippen molar-refractivity contribution in [2.75, 3.05) is 0 Å². The van der Waals surface area contributed by atoms with E-state index >= 15 is 0 Å². The van der Waals surface area contributed by atoms with Crippen molar-refractivity contribution in [1.82, 2.24) is 4.57 Å². The Hall–Kier alpha value is -2.50. The SMILES string of the molecule is O=c1ccc([N+](=O)[O-])cn1Cc1ccc(F)cc1. The minimum atomic E-state index is -0.569. The van der Waals surface area contributed by atoms with Gasteiger partial charge in [0.25, 0.3) is 11.2 Å². The lowest BCUT2D eigenvalue weighted by atomic mass is 10.2. The minimum absolute atomic E-state index is 0.156. The van der Waals surface area contributed by atoms with Crippen LogP contribution in [0.5, 0.6) is 0 Å². The van der Waals surface area contributed by atoms with Gasteiger partial charge in [-0.05, 0) is 17.7 Å². The maximum Gasteiger partial charge on any atom is 0.285 e. The molecule has 5 nitrogen and oxygen atoms in total. The van der Waals surface area contributed by atoms with Crippen molar-refractivity contribution in [1.29, 1.82) is 0 Å². The van der Waals surface area contributed by atoms with Crippen LogP contribution in [0.3, 0.4) is 0 Å². The van der Waals surface area contributed by atoms with Crippen LogP contribution in [0, 0.1) is 15.9 Å². The van der Waals surface area contributed by atoms with Crippen LogP contribution in [-0.2, 0) is 6.54 Å². The quantitative estimate of drug-likeness (QED) is 0.616. The highest BCUT2D eigenvalue weighted by Gasteiger charge is 2.07. The highest BCUT2D eigenvalue weighted by molar-refractivity contribution is 5.26. The normalized spacial score (nSPS) is 10.3. The molecule has 0 saturated heterocycles. The number of benzene rings is 1. The molecule has 0 saturated carbocycles. The lowest BCUT2D eigenvalue weighted by Crippen LogP contribution is -2.19. The zero-order chi connectivity index (χ0) is 13.1. The van der Waals surface area contributed by atoms with E-state index in [0.717, 1.165) is 12.1 Å². The van der Waals surface area contributed by atoms with Gasteiger partial charge >= 0.3 is 0 Å². The third-order valence-electron chi connectivity index (χ3n) is 2.44. The molecular formula is C12H9FN2O3. The molecule has 0 atom stereocenters. The van der Waals surface area contributed by atoms with E-state index in [2.05, 4.69) is 0 Å². The third-order valence-corrected chi connectivity index (χ3v) is 2.44. The molecule has 0 aliphatic rings.